The summed E-state index contributed by atoms with van der Waals surface area (Å²) in [5, 5.41) is 11.2. The lowest BCUT2D eigenvalue weighted by molar-refractivity contribution is 0.411. The van der Waals surface area contributed by atoms with Crippen molar-refractivity contribution in [1.29, 1.82) is 0 Å². The van der Waals surface area contributed by atoms with Crippen LogP contribution in [0.2, 0.25) is 0 Å². The molecule has 1 unspecified atom stereocenters. The number of pyridine rings is 1. The van der Waals surface area contributed by atoms with Crippen molar-refractivity contribution < 1.29 is 4.74 Å². The first kappa shape index (κ1) is 13.4. The second-order valence-electron chi connectivity index (χ2n) is 4.22. The summed E-state index contributed by atoms with van der Waals surface area (Å²) in [4.78, 5) is 4.21. The highest BCUT2D eigenvalue weighted by Gasteiger charge is 2.14. The van der Waals surface area contributed by atoms with Crippen LogP contribution in [0, 0.1) is 0 Å². The lowest BCUT2D eigenvalue weighted by Crippen LogP contribution is -2.23. The van der Waals surface area contributed by atoms with Gasteiger partial charge in [0.25, 0.3) is 0 Å². The molecule has 2 heterocycles. The van der Waals surface area contributed by atoms with E-state index in [1.807, 2.05) is 18.3 Å². The quantitative estimate of drug-likeness (QED) is 0.858. The SMILES string of the molecule is CCCNC(c1ccnnc1)c1cncc(OC)c1. The fourth-order valence-corrected chi connectivity index (χ4v) is 1.89. The molecule has 0 aliphatic rings. The highest BCUT2D eigenvalue weighted by molar-refractivity contribution is 5.32. The zero-order valence-corrected chi connectivity index (χ0v) is 11.2. The standard InChI is InChI=1S/C14H18N4O/c1-3-5-16-14(11-4-6-17-18-9-11)12-7-13(19-2)10-15-8-12/h4,6-10,14,16H,3,5H2,1-2H3. The molecule has 2 rings (SSSR count). The zero-order valence-electron chi connectivity index (χ0n) is 11.2. The molecule has 1 atom stereocenters. The second kappa shape index (κ2) is 6.80. The monoisotopic (exact) mass is 258 g/mol. The second-order valence-corrected chi connectivity index (χ2v) is 4.22. The minimum Gasteiger partial charge on any atom is -0.495 e. The zero-order chi connectivity index (χ0) is 13.5. The van der Waals surface area contributed by atoms with Gasteiger partial charge >= 0.3 is 0 Å². The Kier molecular flexibility index (Phi) is 4.80. The van der Waals surface area contributed by atoms with E-state index in [9.17, 15) is 0 Å². The summed E-state index contributed by atoms with van der Waals surface area (Å²) in [6, 6.07) is 4.00. The number of ether oxygens (including phenoxy) is 1. The summed E-state index contributed by atoms with van der Waals surface area (Å²) < 4.78 is 5.23. The van der Waals surface area contributed by atoms with Crippen molar-refractivity contribution in [2.45, 2.75) is 19.4 Å². The summed E-state index contributed by atoms with van der Waals surface area (Å²) >= 11 is 0. The van der Waals surface area contributed by atoms with E-state index in [4.69, 9.17) is 4.74 Å². The van der Waals surface area contributed by atoms with Crippen LogP contribution in [0.15, 0.2) is 36.9 Å². The number of nitrogens with zero attached hydrogens (tertiary/aromatic N) is 3. The molecule has 0 saturated carbocycles. The van der Waals surface area contributed by atoms with E-state index < -0.39 is 0 Å². The van der Waals surface area contributed by atoms with E-state index in [1.54, 1.807) is 25.7 Å². The van der Waals surface area contributed by atoms with Crippen LogP contribution < -0.4 is 10.1 Å². The molecule has 0 spiro atoms. The Morgan fingerprint density at radius 2 is 2.11 bits per heavy atom. The molecule has 0 aliphatic heterocycles. The molecule has 0 radical (unpaired) electrons. The van der Waals surface area contributed by atoms with Crippen molar-refractivity contribution >= 4 is 0 Å². The van der Waals surface area contributed by atoms with Crippen molar-refractivity contribution in [3.8, 4) is 5.75 Å². The molecule has 100 valence electrons. The Morgan fingerprint density at radius 3 is 2.79 bits per heavy atom. The molecule has 0 aromatic carbocycles. The minimum atomic E-state index is 0.0537. The summed E-state index contributed by atoms with van der Waals surface area (Å²) in [7, 11) is 1.64. The first-order valence-corrected chi connectivity index (χ1v) is 6.34. The van der Waals surface area contributed by atoms with Crippen molar-refractivity contribution in [1.82, 2.24) is 20.5 Å². The molecule has 0 bridgehead atoms. The molecule has 1 N–H and O–H groups in total. The van der Waals surface area contributed by atoms with Gasteiger partial charge in [-0.2, -0.15) is 10.2 Å². The van der Waals surface area contributed by atoms with Gasteiger partial charge in [-0.05, 0) is 36.2 Å². The lowest BCUT2D eigenvalue weighted by Gasteiger charge is -2.19. The van der Waals surface area contributed by atoms with Crippen LogP contribution in [0.4, 0.5) is 0 Å². The number of nitrogens with one attached hydrogen (secondary N) is 1. The van der Waals surface area contributed by atoms with Gasteiger partial charge in [-0.25, -0.2) is 0 Å². The van der Waals surface area contributed by atoms with E-state index in [2.05, 4.69) is 27.4 Å². The van der Waals surface area contributed by atoms with Crippen molar-refractivity contribution in [3.63, 3.8) is 0 Å². The number of rotatable bonds is 6. The van der Waals surface area contributed by atoms with Crippen molar-refractivity contribution in [2.24, 2.45) is 0 Å². The van der Waals surface area contributed by atoms with Gasteiger partial charge in [0.1, 0.15) is 5.75 Å². The number of aromatic nitrogens is 3. The first-order chi connectivity index (χ1) is 9.35. The highest BCUT2D eigenvalue weighted by Crippen LogP contribution is 2.23. The first-order valence-electron chi connectivity index (χ1n) is 6.34. The van der Waals surface area contributed by atoms with E-state index >= 15 is 0 Å². The van der Waals surface area contributed by atoms with Crippen LogP contribution >= 0.6 is 0 Å². The van der Waals surface area contributed by atoms with Crippen LogP contribution in [0.1, 0.15) is 30.5 Å². The van der Waals surface area contributed by atoms with E-state index in [0.29, 0.717) is 0 Å². The molecule has 19 heavy (non-hydrogen) atoms. The molecule has 5 nitrogen and oxygen atoms in total. The van der Waals surface area contributed by atoms with E-state index in [1.165, 1.54) is 0 Å². The fraction of sp³-hybridized carbons (Fsp3) is 0.357. The Bertz CT molecular complexity index is 504. The summed E-state index contributed by atoms with van der Waals surface area (Å²) in [6.45, 7) is 3.06. The van der Waals surface area contributed by atoms with Crippen molar-refractivity contribution in [3.05, 3.63) is 48.0 Å². The third-order valence-electron chi connectivity index (χ3n) is 2.84. The van der Waals surface area contributed by atoms with Gasteiger partial charge in [0.15, 0.2) is 0 Å². The van der Waals surface area contributed by atoms with Gasteiger partial charge in [-0.15, -0.1) is 0 Å². The third-order valence-corrected chi connectivity index (χ3v) is 2.84. The summed E-state index contributed by atoms with van der Waals surface area (Å²) in [5.41, 5.74) is 2.12. The van der Waals surface area contributed by atoms with Gasteiger partial charge in [-0.3, -0.25) is 4.98 Å². The Morgan fingerprint density at radius 1 is 1.21 bits per heavy atom. The van der Waals surface area contributed by atoms with Crippen LogP contribution in [0.3, 0.4) is 0 Å². The molecular formula is C14H18N4O. The van der Waals surface area contributed by atoms with Crippen LogP contribution in [0.5, 0.6) is 5.75 Å². The van der Waals surface area contributed by atoms with E-state index in [0.717, 1.165) is 29.8 Å². The molecule has 2 aromatic rings. The Labute approximate surface area is 113 Å². The average molecular weight is 258 g/mol. The molecule has 5 heteroatoms. The summed E-state index contributed by atoms with van der Waals surface area (Å²) in [5.74, 6) is 0.753. The molecular weight excluding hydrogens is 240 g/mol. The van der Waals surface area contributed by atoms with Crippen molar-refractivity contribution in [2.75, 3.05) is 13.7 Å². The van der Waals surface area contributed by atoms with Crippen LogP contribution in [0.25, 0.3) is 0 Å². The molecule has 0 fully saturated rings. The predicted molar refractivity (Wildman–Crippen MR) is 73.0 cm³/mol. The third kappa shape index (κ3) is 3.48. The normalized spacial score (nSPS) is 12.1. The average Bonchev–Trinajstić information content (AvgIpc) is 2.49. The van der Waals surface area contributed by atoms with Gasteiger partial charge in [0.2, 0.25) is 0 Å². The predicted octanol–water partition coefficient (Wildman–Crippen LogP) is 1.97. The molecule has 0 saturated heterocycles. The smallest absolute Gasteiger partial charge is 0.137 e. The van der Waals surface area contributed by atoms with Gasteiger partial charge in [-0.1, -0.05) is 6.92 Å². The molecule has 0 aliphatic carbocycles. The maximum atomic E-state index is 5.23. The minimum absolute atomic E-state index is 0.0537. The van der Waals surface area contributed by atoms with E-state index in [-0.39, 0.29) is 6.04 Å². The fourth-order valence-electron chi connectivity index (χ4n) is 1.89. The topological polar surface area (TPSA) is 59.9 Å². The Balaban J connectivity index is 2.31. The van der Waals surface area contributed by atoms with Gasteiger partial charge in [0.05, 0.1) is 25.5 Å². The number of hydrogen-bond donors (Lipinski definition) is 1. The maximum absolute atomic E-state index is 5.23. The van der Waals surface area contributed by atoms with Crippen LogP contribution in [-0.2, 0) is 0 Å². The largest absolute Gasteiger partial charge is 0.495 e. The maximum Gasteiger partial charge on any atom is 0.137 e. The number of hydrogen-bond acceptors (Lipinski definition) is 5. The van der Waals surface area contributed by atoms with Gasteiger partial charge in [0, 0.05) is 12.4 Å². The number of methoxy groups -OCH3 is 1. The van der Waals surface area contributed by atoms with Gasteiger partial charge < -0.3 is 10.1 Å². The molecule has 2 aromatic heterocycles. The van der Waals surface area contributed by atoms with Crippen LogP contribution in [-0.4, -0.2) is 28.8 Å². The highest BCUT2D eigenvalue weighted by atomic mass is 16.5. The Hall–Kier alpha value is -2.01. The lowest BCUT2D eigenvalue weighted by atomic mass is 10.0. The summed E-state index contributed by atoms with van der Waals surface area (Å²) in [6.07, 6.45) is 8.07. The molecule has 0 amide bonds.